The maximum Gasteiger partial charge on any atom is 0.221 e. The monoisotopic (exact) mass is 231 g/mol. The summed E-state index contributed by atoms with van der Waals surface area (Å²) >= 11 is 0. The maximum atomic E-state index is 12.9. The molecule has 1 aromatic carbocycles. The SMILES string of the molecule is CC(C)c1cccc(Oc2cccc(F)n2)c1. The molecular weight excluding hydrogens is 217 g/mol. The summed E-state index contributed by atoms with van der Waals surface area (Å²) in [4.78, 5) is 3.65. The Balaban J connectivity index is 2.21. The van der Waals surface area contributed by atoms with Crippen molar-refractivity contribution in [3.8, 4) is 11.6 Å². The number of hydrogen-bond acceptors (Lipinski definition) is 2. The summed E-state index contributed by atoms with van der Waals surface area (Å²) in [5.41, 5.74) is 1.18. The first-order chi connectivity index (χ1) is 8.15. The van der Waals surface area contributed by atoms with Gasteiger partial charge >= 0.3 is 0 Å². The molecule has 0 fully saturated rings. The molecule has 1 heterocycles. The quantitative estimate of drug-likeness (QED) is 0.741. The number of halogens is 1. The molecule has 1 aromatic heterocycles. The van der Waals surface area contributed by atoms with Crippen molar-refractivity contribution >= 4 is 0 Å². The van der Waals surface area contributed by atoms with Crippen LogP contribution >= 0.6 is 0 Å². The lowest BCUT2D eigenvalue weighted by molar-refractivity contribution is 0.444. The number of rotatable bonds is 3. The molecule has 3 heteroatoms. The number of benzene rings is 1. The van der Waals surface area contributed by atoms with Crippen LogP contribution in [0.1, 0.15) is 25.3 Å². The molecule has 0 N–H and O–H groups in total. The summed E-state index contributed by atoms with van der Waals surface area (Å²) in [6, 6.07) is 12.2. The Hall–Kier alpha value is -1.90. The van der Waals surface area contributed by atoms with Crippen molar-refractivity contribution in [2.45, 2.75) is 19.8 Å². The van der Waals surface area contributed by atoms with E-state index in [9.17, 15) is 4.39 Å². The Bertz CT molecular complexity index is 511. The Kier molecular flexibility index (Phi) is 3.38. The van der Waals surface area contributed by atoms with Crippen LogP contribution < -0.4 is 4.74 Å². The third kappa shape index (κ3) is 3.03. The van der Waals surface area contributed by atoms with Crippen LogP contribution in [0.5, 0.6) is 11.6 Å². The first-order valence-electron chi connectivity index (χ1n) is 5.55. The zero-order chi connectivity index (χ0) is 12.3. The molecule has 0 radical (unpaired) electrons. The van der Waals surface area contributed by atoms with E-state index in [0.29, 0.717) is 11.7 Å². The molecule has 0 unspecified atom stereocenters. The second kappa shape index (κ2) is 4.95. The van der Waals surface area contributed by atoms with Crippen LogP contribution in [-0.4, -0.2) is 4.98 Å². The highest BCUT2D eigenvalue weighted by Gasteiger charge is 2.03. The Morgan fingerprint density at radius 3 is 2.59 bits per heavy atom. The van der Waals surface area contributed by atoms with Gasteiger partial charge in [0, 0.05) is 6.07 Å². The molecule has 0 bridgehead atoms. The number of nitrogens with zero attached hydrogens (tertiary/aromatic N) is 1. The summed E-state index contributed by atoms with van der Waals surface area (Å²) in [5.74, 6) is 0.835. The fraction of sp³-hybridized carbons (Fsp3) is 0.214. The van der Waals surface area contributed by atoms with Crippen molar-refractivity contribution < 1.29 is 9.13 Å². The molecule has 17 heavy (non-hydrogen) atoms. The number of hydrogen-bond donors (Lipinski definition) is 0. The second-order valence-electron chi connectivity index (χ2n) is 4.13. The topological polar surface area (TPSA) is 22.1 Å². The predicted molar refractivity (Wildman–Crippen MR) is 64.8 cm³/mol. The molecule has 0 atom stereocenters. The Morgan fingerprint density at radius 2 is 1.88 bits per heavy atom. The number of aromatic nitrogens is 1. The minimum atomic E-state index is -0.539. The molecule has 0 aliphatic carbocycles. The highest BCUT2D eigenvalue weighted by atomic mass is 19.1. The summed E-state index contributed by atoms with van der Waals surface area (Å²) in [6.45, 7) is 4.22. The van der Waals surface area contributed by atoms with Gasteiger partial charge in [-0.3, -0.25) is 0 Å². The van der Waals surface area contributed by atoms with Gasteiger partial charge in [-0.05, 0) is 29.7 Å². The van der Waals surface area contributed by atoms with E-state index in [4.69, 9.17) is 4.74 Å². The van der Waals surface area contributed by atoms with Crippen molar-refractivity contribution in [2.75, 3.05) is 0 Å². The smallest absolute Gasteiger partial charge is 0.221 e. The summed E-state index contributed by atoms with van der Waals surface area (Å²) in [6.07, 6.45) is 0. The lowest BCUT2D eigenvalue weighted by Gasteiger charge is -2.08. The van der Waals surface area contributed by atoms with Crippen molar-refractivity contribution in [1.29, 1.82) is 0 Å². The molecule has 2 aromatic rings. The van der Waals surface area contributed by atoms with Crippen LogP contribution in [-0.2, 0) is 0 Å². The highest BCUT2D eigenvalue weighted by molar-refractivity contribution is 5.32. The van der Waals surface area contributed by atoms with Crippen molar-refractivity contribution in [1.82, 2.24) is 4.98 Å². The molecule has 2 rings (SSSR count). The minimum Gasteiger partial charge on any atom is -0.439 e. The zero-order valence-electron chi connectivity index (χ0n) is 9.85. The lowest BCUT2D eigenvalue weighted by atomic mass is 10.0. The van der Waals surface area contributed by atoms with Gasteiger partial charge in [-0.2, -0.15) is 9.37 Å². The van der Waals surface area contributed by atoms with Gasteiger partial charge in [0.1, 0.15) is 5.75 Å². The number of pyridine rings is 1. The van der Waals surface area contributed by atoms with Gasteiger partial charge < -0.3 is 4.74 Å². The minimum absolute atomic E-state index is 0.269. The van der Waals surface area contributed by atoms with Gasteiger partial charge in [0.25, 0.3) is 0 Å². The molecule has 0 aliphatic rings. The van der Waals surface area contributed by atoms with E-state index >= 15 is 0 Å². The molecule has 0 aliphatic heterocycles. The maximum absolute atomic E-state index is 12.9. The normalized spacial score (nSPS) is 10.6. The molecule has 0 amide bonds. The Morgan fingerprint density at radius 1 is 1.12 bits per heavy atom. The van der Waals surface area contributed by atoms with Crippen molar-refractivity contribution in [3.05, 3.63) is 54.0 Å². The van der Waals surface area contributed by atoms with E-state index in [1.165, 1.54) is 11.6 Å². The van der Waals surface area contributed by atoms with Crippen LogP contribution in [0.4, 0.5) is 4.39 Å². The highest BCUT2D eigenvalue weighted by Crippen LogP contribution is 2.23. The summed E-state index contributed by atoms with van der Waals surface area (Å²) in [5, 5.41) is 0. The molecule has 88 valence electrons. The molecule has 0 saturated carbocycles. The Labute approximate surface area is 100 Å². The van der Waals surface area contributed by atoms with E-state index in [1.807, 2.05) is 24.3 Å². The van der Waals surface area contributed by atoms with E-state index < -0.39 is 5.95 Å². The van der Waals surface area contributed by atoms with Gasteiger partial charge in [0.15, 0.2) is 0 Å². The van der Waals surface area contributed by atoms with Crippen LogP contribution in [0.15, 0.2) is 42.5 Å². The molecule has 0 spiro atoms. The summed E-state index contributed by atoms with van der Waals surface area (Å²) < 4.78 is 18.4. The average molecular weight is 231 g/mol. The molecular formula is C14H14FNO. The van der Waals surface area contributed by atoms with Gasteiger partial charge in [-0.15, -0.1) is 0 Å². The zero-order valence-corrected chi connectivity index (χ0v) is 9.85. The van der Waals surface area contributed by atoms with E-state index in [0.717, 1.165) is 0 Å². The third-order valence-electron chi connectivity index (χ3n) is 2.44. The van der Waals surface area contributed by atoms with Crippen molar-refractivity contribution in [3.63, 3.8) is 0 Å². The van der Waals surface area contributed by atoms with E-state index in [2.05, 4.69) is 18.8 Å². The fourth-order valence-corrected chi connectivity index (χ4v) is 1.50. The first-order valence-corrected chi connectivity index (χ1v) is 5.55. The predicted octanol–water partition coefficient (Wildman–Crippen LogP) is 4.14. The standard InChI is InChI=1S/C14H14FNO/c1-10(2)11-5-3-6-12(9-11)17-14-8-4-7-13(15)16-14/h3-10H,1-2H3. The van der Waals surface area contributed by atoms with Gasteiger partial charge in [-0.1, -0.05) is 32.0 Å². The van der Waals surface area contributed by atoms with E-state index in [-0.39, 0.29) is 5.88 Å². The van der Waals surface area contributed by atoms with Gasteiger partial charge in [0.05, 0.1) is 0 Å². The fourth-order valence-electron chi connectivity index (χ4n) is 1.50. The van der Waals surface area contributed by atoms with Crippen molar-refractivity contribution in [2.24, 2.45) is 0 Å². The van der Waals surface area contributed by atoms with Crippen LogP contribution in [0.3, 0.4) is 0 Å². The van der Waals surface area contributed by atoms with Gasteiger partial charge in [-0.25, -0.2) is 0 Å². The van der Waals surface area contributed by atoms with Gasteiger partial charge in [0.2, 0.25) is 11.8 Å². The van der Waals surface area contributed by atoms with Crippen LogP contribution in [0.25, 0.3) is 0 Å². The lowest BCUT2D eigenvalue weighted by Crippen LogP contribution is -1.92. The van der Waals surface area contributed by atoms with E-state index in [1.54, 1.807) is 12.1 Å². The van der Waals surface area contributed by atoms with Crippen LogP contribution in [0, 0.1) is 5.95 Å². The molecule has 0 saturated heterocycles. The average Bonchev–Trinajstić information content (AvgIpc) is 2.29. The first kappa shape index (κ1) is 11.6. The summed E-state index contributed by atoms with van der Waals surface area (Å²) in [7, 11) is 0. The third-order valence-corrected chi connectivity index (χ3v) is 2.44. The largest absolute Gasteiger partial charge is 0.439 e. The molecule has 2 nitrogen and oxygen atoms in total. The number of ether oxygens (including phenoxy) is 1. The second-order valence-corrected chi connectivity index (χ2v) is 4.13. The van der Waals surface area contributed by atoms with Crippen LogP contribution in [0.2, 0.25) is 0 Å².